The van der Waals surface area contributed by atoms with Crippen LogP contribution in [0.15, 0.2) is 18.2 Å². The predicted octanol–water partition coefficient (Wildman–Crippen LogP) is 1.92. The standard InChI is InChI=1S/C12H17N3O3S/c1-8-3-4-9(7-11(8)15(17)18)14-12(16)10(13)5-6-19-2/h3-4,7,10H,5-6,13H2,1-2H3,(H,14,16)/t10-/m0/s1. The highest BCUT2D eigenvalue weighted by atomic mass is 32.2. The van der Waals surface area contributed by atoms with Gasteiger partial charge in [0.15, 0.2) is 0 Å². The number of carbonyl (C=O) groups is 1. The maximum atomic E-state index is 11.8. The minimum absolute atomic E-state index is 0.0181. The third-order valence-electron chi connectivity index (χ3n) is 2.64. The number of aryl methyl sites for hydroxylation is 1. The Balaban J connectivity index is 2.74. The molecule has 1 aromatic carbocycles. The van der Waals surface area contributed by atoms with Gasteiger partial charge in [-0.1, -0.05) is 6.07 Å². The molecule has 19 heavy (non-hydrogen) atoms. The Hall–Kier alpha value is -1.60. The number of nitrogens with zero attached hydrogens (tertiary/aromatic N) is 1. The van der Waals surface area contributed by atoms with Crippen molar-refractivity contribution in [2.45, 2.75) is 19.4 Å². The van der Waals surface area contributed by atoms with E-state index in [0.29, 0.717) is 17.7 Å². The van der Waals surface area contributed by atoms with E-state index < -0.39 is 11.0 Å². The lowest BCUT2D eigenvalue weighted by Crippen LogP contribution is -2.36. The summed E-state index contributed by atoms with van der Waals surface area (Å²) < 4.78 is 0. The summed E-state index contributed by atoms with van der Waals surface area (Å²) in [5.74, 6) is 0.468. The summed E-state index contributed by atoms with van der Waals surface area (Å²) in [6.45, 7) is 1.65. The Morgan fingerprint density at radius 2 is 2.26 bits per heavy atom. The van der Waals surface area contributed by atoms with Crippen LogP contribution in [-0.2, 0) is 4.79 Å². The molecule has 0 saturated heterocycles. The quantitative estimate of drug-likeness (QED) is 0.614. The molecule has 104 valence electrons. The fraction of sp³-hybridized carbons (Fsp3) is 0.417. The van der Waals surface area contributed by atoms with Crippen molar-refractivity contribution in [3.63, 3.8) is 0 Å². The summed E-state index contributed by atoms with van der Waals surface area (Å²) in [6, 6.07) is 3.96. The van der Waals surface area contributed by atoms with E-state index in [1.165, 1.54) is 6.07 Å². The van der Waals surface area contributed by atoms with Crippen LogP contribution in [-0.4, -0.2) is 28.9 Å². The summed E-state index contributed by atoms with van der Waals surface area (Å²) in [7, 11) is 0. The molecule has 0 aliphatic heterocycles. The molecule has 0 spiro atoms. The zero-order valence-electron chi connectivity index (χ0n) is 10.9. The van der Waals surface area contributed by atoms with E-state index in [0.717, 1.165) is 5.75 Å². The number of anilines is 1. The molecule has 0 heterocycles. The van der Waals surface area contributed by atoms with Gasteiger partial charge in [-0.25, -0.2) is 0 Å². The van der Waals surface area contributed by atoms with E-state index in [2.05, 4.69) is 5.32 Å². The van der Waals surface area contributed by atoms with Crippen molar-refractivity contribution >= 4 is 29.0 Å². The van der Waals surface area contributed by atoms with Gasteiger partial charge in [0, 0.05) is 17.3 Å². The number of nitro benzene ring substituents is 1. The minimum Gasteiger partial charge on any atom is -0.324 e. The predicted molar refractivity (Wildman–Crippen MR) is 77.4 cm³/mol. The highest BCUT2D eigenvalue weighted by Gasteiger charge is 2.16. The Morgan fingerprint density at radius 1 is 1.58 bits per heavy atom. The highest BCUT2D eigenvalue weighted by Crippen LogP contribution is 2.22. The molecule has 0 bridgehead atoms. The summed E-state index contributed by atoms with van der Waals surface area (Å²) in [5, 5.41) is 13.4. The second-order valence-electron chi connectivity index (χ2n) is 4.14. The molecule has 3 N–H and O–H groups in total. The third kappa shape index (κ3) is 4.53. The second kappa shape index (κ2) is 7.10. The van der Waals surface area contributed by atoms with Crippen LogP contribution in [0.3, 0.4) is 0 Å². The second-order valence-corrected chi connectivity index (χ2v) is 5.12. The van der Waals surface area contributed by atoms with Gasteiger partial charge in [0.1, 0.15) is 0 Å². The average molecular weight is 283 g/mol. The first-order valence-corrected chi connectivity index (χ1v) is 7.15. The fourth-order valence-corrected chi connectivity index (χ4v) is 1.98. The number of nitro groups is 1. The molecule has 0 radical (unpaired) electrons. The van der Waals surface area contributed by atoms with Crippen LogP contribution in [0.5, 0.6) is 0 Å². The molecule has 0 fully saturated rings. The maximum Gasteiger partial charge on any atom is 0.274 e. The molecule has 0 aliphatic carbocycles. The van der Waals surface area contributed by atoms with Gasteiger partial charge in [-0.3, -0.25) is 14.9 Å². The van der Waals surface area contributed by atoms with Crippen molar-refractivity contribution in [2.24, 2.45) is 5.73 Å². The van der Waals surface area contributed by atoms with Crippen LogP contribution < -0.4 is 11.1 Å². The highest BCUT2D eigenvalue weighted by molar-refractivity contribution is 7.98. The van der Waals surface area contributed by atoms with E-state index in [1.54, 1.807) is 30.8 Å². The van der Waals surface area contributed by atoms with Gasteiger partial charge >= 0.3 is 0 Å². The van der Waals surface area contributed by atoms with Gasteiger partial charge in [0.2, 0.25) is 5.91 Å². The van der Waals surface area contributed by atoms with E-state index in [1.807, 2.05) is 6.26 Å². The topological polar surface area (TPSA) is 98.3 Å². The van der Waals surface area contributed by atoms with Crippen molar-refractivity contribution in [3.05, 3.63) is 33.9 Å². The number of thioether (sulfide) groups is 1. The van der Waals surface area contributed by atoms with Crippen LogP contribution in [0, 0.1) is 17.0 Å². The Bertz CT molecular complexity index is 479. The number of rotatable bonds is 6. The molecule has 6 nitrogen and oxygen atoms in total. The van der Waals surface area contributed by atoms with Crippen molar-refractivity contribution in [2.75, 3.05) is 17.3 Å². The van der Waals surface area contributed by atoms with Crippen molar-refractivity contribution in [3.8, 4) is 0 Å². The van der Waals surface area contributed by atoms with Gasteiger partial charge < -0.3 is 11.1 Å². The lowest BCUT2D eigenvalue weighted by atomic mass is 10.1. The number of nitrogens with one attached hydrogen (secondary N) is 1. The lowest BCUT2D eigenvalue weighted by molar-refractivity contribution is -0.385. The average Bonchev–Trinajstić information content (AvgIpc) is 2.37. The molecule has 1 atom stereocenters. The van der Waals surface area contributed by atoms with Crippen molar-refractivity contribution in [1.29, 1.82) is 0 Å². The zero-order chi connectivity index (χ0) is 14.4. The smallest absolute Gasteiger partial charge is 0.274 e. The molecule has 0 aromatic heterocycles. The van der Waals surface area contributed by atoms with E-state index >= 15 is 0 Å². The molecule has 1 amide bonds. The molecule has 0 unspecified atom stereocenters. The lowest BCUT2D eigenvalue weighted by Gasteiger charge is -2.11. The van der Waals surface area contributed by atoms with Gasteiger partial charge in [0.05, 0.1) is 11.0 Å². The number of benzene rings is 1. The van der Waals surface area contributed by atoms with Crippen LogP contribution in [0.1, 0.15) is 12.0 Å². The first-order valence-electron chi connectivity index (χ1n) is 5.76. The Morgan fingerprint density at radius 3 is 2.84 bits per heavy atom. The number of hydrogen-bond acceptors (Lipinski definition) is 5. The molecule has 1 rings (SSSR count). The van der Waals surface area contributed by atoms with Gasteiger partial charge in [-0.05, 0) is 31.4 Å². The number of carbonyl (C=O) groups excluding carboxylic acids is 1. The van der Waals surface area contributed by atoms with E-state index in [4.69, 9.17) is 5.73 Å². The van der Waals surface area contributed by atoms with Gasteiger partial charge in [-0.2, -0.15) is 11.8 Å². The van der Waals surface area contributed by atoms with E-state index in [9.17, 15) is 14.9 Å². The van der Waals surface area contributed by atoms with Crippen LogP contribution in [0.2, 0.25) is 0 Å². The molecular weight excluding hydrogens is 266 g/mol. The zero-order valence-corrected chi connectivity index (χ0v) is 11.7. The van der Waals surface area contributed by atoms with Crippen LogP contribution in [0.25, 0.3) is 0 Å². The van der Waals surface area contributed by atoms with E-state index in [-0.39, 0.29) is 11.6 Å². The van der Waals surface area contributed by atoms with Crippen molar-refractivity contribution < 1.29 is 9.72 Å². The fourth-order valence-electron chi connectivity index (χ4n) is 1.49. The Labute approximate surface area is 115 Å². The molecule has 0 saturated carbocycles. The minimum atomic E-state index is -0.604. The number of amides is 1. The molecule has 1 aromatic rings. The molecule has 7 heteroatoms. The SMILES string of the molecule is CSCC[C@H](N)C(=O)Nc1ccc(C)c([N+](=O)[O-])c1. The van der Waals surface area contributed by atoms with Gasteiger partial charge in [-0.15, -0.1) is 0 Å². The van der Waals surface area contributed by atoms with Crippen LogP contribution >= 0.6 is 11.8 Å². The largest absolute Gasteiger partial charge is 0.324 e. The molecule has 0 aliphatic rings. The summed E-state index contributed by atoms with van der Waals surface area (Å²) >= 11 is 1.61. The summed E-state index contributed by atoms with van der Waals surface area (Å²) in [5.41, 5.74) is 6.64. The monoisotopic (exact) mass is 283 g/mol. The molecular formula is C12H17N3O3S. The maximum absolute atomic E-state index is 11.8. The van der Waals surface area contributed by atoms with Crippen molar-refractivity contribution in [1.82, 2.24) is 0 Å². The first-order chi connectivity index (χ1) is 8.95. The van der Waals surface area contributed by atoms with Crippen LogP contribution in [0.4, 0.5) is 11.4 Å². The van der Waals surface area contributed by atoms with Gasteiger partial charge in [0.25, 0.3) is 5.69 Å². The number of hydrogen-bond donors (Lipinski definition) is 2. The third-order valence-corrected chi connectivity index (χ3v) is 3.29. The normalized spacial score (nSPS) is 11.9. The summed E-state index contributed by atoms with van der Waals surface area (Å²) in [4.78, 5) is 22.1. The number of nitrogens with two attached hydrogens (primary N) is 1. The summed E-state index contributed by atoms with van der Waals surface area (Å²) in [6.07, 6.45) is 2.51. The first kappa shape index (κ1) is 15.5. The Kier molecular flexibility index (Phi) is 5.78.